The van der Waals surface area contributed by atoms with E-state index in [0.717, 1.165) is 30.7 Å². The molecule has 0 bridgehead atoms. The van der Waals surface area contributed by atoms with Gasteiger partial charge in [-0.25, -0.2) is 23.1 Å². The highest BCUT2D eigenvalue weighted by Gasteiger charge is 2.29. The largest absolute Gasteiger partial charge is 0.382 e. The predicted octanol–water partition coefficient (Wildman–Crippen LogP) is 3.36. The summed E-state index contributed by atoms with van der Waals surface area (Å²) in [6.07, 6.45) is 2.26. The molecule has 1 amide bonds. The van der Waals surface area contributed by atoms with E-state index in [1.807, 2.05) is 0 Å². The van der Waals surface area contributed by atoms with Gasteiger partial charge in [-0.3, -0.25) is 4.79 Å². The number of anilines is 2. The van der Waals surface area contributed by atoms with Gasteiger partial charge in [-0.15, -0.1) is 0 Å². The van der Waals surface area contributed by atoms with Crippen molar-refractivity contribution in [3.8, 4) is 11.3 Å². The Morgan fingerprint density at radius 2 is 2.14 bits per heavy atom. The standard InChI is InChI=1S/C18H16F3N5O3/c1-18(20,21)12-4-3-9(19)5-10(12)15-16(22)24-14(6-23-15)25-17(27)11-7-29-26-13(11)8-28-2/h3-7H,8H2,1-2H3,(H3,22,24,25,27). The van der Waals surface area contributed by atoms with Gasteiger partial charge >= 0.3 is 0 Å². The minimum Gasteiger partial charge on any atom is -0.382 e. The summed E-state index contributed by atoms with van der Waals surface area (Å²) in [6.45, 7) is 0.734. The number of nitrogens with zero attached hydrogens (tertiary/aromatic N) is 3. The van der Waals surface area contributed by atoms with E-state index in [9.17, 15) is 18.0 Å². The molecule has 0 fully saturated rings. The smallest absolute Gasteiger partial charge is 0.271 e. The molecule has 3 N–H and O–H groups in total. The molecule has 0 saturated heterocycles. The molecular weight excluding hydrogens is 391 g/mol. The van der Waals surface area contributed by atoms with Crippen molar-refractivity contribution in [1.29, 1.82) is 0 Å². The molecule has 3 rings (SSSR count). The van der Waals surface area contributed by atoms with Crippen LogP contribution in [0.4, 0.5) is 24.8 Å². The topological polar surface area (TPSA) is 116 Å². The van der Waals surface area contributed by atoms with Crippen molar-refractivity contribution in [2.24, 2.45) is 0 Å². The number of aromatic nitrogens is 3. The lowest BCUT2D eigenvalue weighted by molar-refractivity contribution is 0.0180. The third kappa shape index (κ3) is 4.35. The Morgan fingerprint density at radius 3 is 2.79 bits per heavy atom. The van der Waals surface area contributed by atoms with Crippen LogP contribution < -0.4 is 11.1 Å². The lowest BCUT2D eigenvalue weighted by Crippen LogP contribution is -2.16. The van der Waals surface area contributed by atoms with Crippen molar-refractivity contribution in [3.05, 3.63) is 53.3 Å². The van der Waals surface area contributed by atoms with Crippen molar-refractivity contribution in [2.45, 2.75) is 19.5 Å². The Morgan fingerprint density at radius 1 is 1.38 bits per heavy atom. The first-order valence-corrected chi connectivity index (χ1v) is 8.25. The van der Waals surface area contributed by atoms with Gasteiger partial charge < -0.3 is 20.3 Å². The summed E-state index contributed by atoms with van der Waals surface area (Å²) in [5.74, 6) is -4.89. The molecule has 2 heterocycles. The zero-order valence-electron chi connectivity index (χ0n) is 15.4. The molecule has 0 aliphatic carbocycles. The Bertz CT molecular complexity index is 1050. The molecule has 2 aromatic heterocycles. The van der Waals surface area contributed by atoms with Crippen LogP contribution >= 0.6 is 0 Å². The number of nitrogens with two attached hydrogens (primary N) is 1. The maximum Gasteiger partial charge on any atom is 0.271 e. The number of hydrogen-bond donors (Lipinski definition) is 2. The highest BCUT2D eigenvalue weighted by atomic mass is 19.3. The van der Waals surface area contributed by atoms with E-state index < -0.39 is 23.2 Å². The number of ether oxygens (including phenoxy) is 1. The fourth-order valence-corrected chi connectivity index (χ4v) is 2.64. The second kappa shape index (κ2) is 7.87. The number of alkyl halides is 2. The van der Waals surface area contributed by atoms with Crippen LogP contribution in [0.3, 0.4) is 0 Å². The predicted molar refractivity (Wildman–Crippen MR) is 96.6 cm³/mol. The molecule has 3 aromatic rings. The van der Waals surface area contributed by atoms with E-state index in [-0.39, 0.29) is 40.8 Å². The van der Waals surface area contributed by atoms with Crippen LogP contribution in [-0.2, 0) is 17.3 Å². The van der Waals surface area contributed by atoms with Crippen molar-refractivity contribution in [2.75, 3.05) is 18.2 Å². The Labute approximate surface area is 162 Å². The number of amides is 1. The van der Waals surface area contributed by atoms with Gasteiger partial charge in [-0.05, 0) is 18.2 Å². The van der Waals surface area contributed by atoms with Gasteiger partial charge in [0.25, 0.3) is 11.8 Å². The maximum absolute atomic E-state index is 13.9. The first-order valence-electron chi connectivity index (χ1n) is 8.25. The summed E-state index contributed by atoms with van der Waals surface area (Å²) in [5, 5.41) is 6.10. The second-order valence-corrected chi connectivity index (χ2v) is 6.13. The molecule has 0 atom stereocenters. The highest BCUT2D eigenvalue weighted by molar-refractivity contribution is 6.04. The van der Waals surface area contributed by atoms with Crippen LogP contribution in [0.5, 0.6) is 0 Å². The van der Waals surface area contributed by atoms with Crippen LogP contribution in [0, 0.1) is 5.82 Å². The second-order valence-electron chi connectivity index (χ2n) is 6.13. The third-order valence-corrected chi connectivity index (χ3v) is 3.92. The molecule has 8 nitrogen and oxygen atoms in total. The molecule has 0 aliphatic rings. The van der Waals surface area contributed by atoms with Crippen LogP contribution in [0.15, 0.2) is 35.2 Å². The van der Waals surface area contributed by atoms with Crippen LogP contribution in [0.2, 0.25) is 0 Å². The summed E-state index contributed by atoms with van der Waals surface area (Å²) in [6, 6.07) is 2.79. The number of nitrogens with one attached hydrogen (secondary N) is 1. The fraction of sp³-hybridized carbons (Fsp3) is 0.222. The van der Waals surface area contributed by atoms with Crippen molar-refractivity contribution < 1.29 is 27.2 Å². The number of methoxy groups -OCH3 is 1. The molecule has 0 spiro atoms. The lowest BCUT2D eigenvalue weighted by Gasteiger charge is -2.16. The van der Waals surface area contributed by atoms with Gasteiger partial charge in [0, 0.05) is 25.2 Å². The quantitative estimate of drug-likeness (QED) is 0.644. The number of hydrogen-bond acceptors (Lipinski definition) is 7. The molecule has 0 radical (unpaired) electrons. The lowest BCUT2D eigenvalue weighted by atomic mass is 9.99. The molecule has 0 aliphatic heterocycles. The zero-order valence-corrected chi connectivity index (χ0v) is 15.4. The number of carbonyl (C=O) groups is 1. The monoisotopic (exact) mass is 407 g/mol. The normalized spacial score (nSPS) is 11.5. The average molecular weight is 407 g/mol. The summed E-state index contributed by atoms with van der Waals surface area (Å²) >= 11 is 0. The minimum absolute atomic E-state index is 0.0398. The zero-order chi connectivity index (χ0) is 21.2. The number of benzene rings is 1. The summed E-state index contributed by atoms with van der Waals surface area (Å²) in [4.78, 5) is 20.3. The number of carbonyl (C=O) groups excluding carboxylic acids is 1. The van der Waals surface area contributed by atoms with E-state index in [2.05, 4.69) is 20.4 Å². The average Bonchev–Trinajstić information content (AvgIpc) is 3.09. The molecule has 11 heteroatoms. The highest BCUT2D eigenvalue weighted by Crippen LogP contribution is 2.37. The first kappa shape index (κ1) is 20.3. The SMILES string of the molecule is COCc1nocc1C(=O)Nc1cnc(-c2cc(F)ccc2C(C)(F)F)c(N)n1. The molecule has 0 saturated carbocycles. The van der Waals surface area contributed by atoms with Crippen LogP contribution in [-0.4, -0.2) is 28.1 Å². The minimum atomic E-state index is -3.25. The molecule has 29 heavy (non-hydrogen) atoms. The first-order chi connectivity index (χ1) is 13.7. The third-order valence-electron chi connectivity index (χ3n) is 3.92. The fourth-order valence-electron chi connectivity index (χ4n) is 2.64. The van der Waals surface area contributed by atoms with E-state index in [4.69, 9.17) is 15.0 Å². The molecular formula is C18H16F3N5O3. The van der Waals surface area contributed by atoms with E-state index in [1.54, 1.807) is 0 Å². The van der Waals surface area contributed by atoms with Gasteiger partial charge in [0.05, 0.1) is 12.8 Å². The van der Waals surface area contributed by atoms with Gasteiger partial charge in [0.15, 0.2) is 11.6 Å². The Balaban J connectivity index is 1.91. The van der Waals surface area contributed by atoms with Gasteiger partial charge in [0.1, 0.15) is 29.0 Å². The van der Waals surface area contributed by atoms with E-state index >= 15 is 0 Å². The van der Waals surface area contributed by atoms with Gasteiger partial charge in [0.2, 0.25) is 0 Å². The van der Waals surface area contributed by atoms with E-state index in [0.29, 0.717) is 6.92 Å². The molecule has 152 valence electrons. The maximum atomic E-state index is 13.9. The van der Waals surface area contributed by atoms with Gasteiger partial charge in [-0.2, -0.15) is 0 Å². The summed E-state index contributed by atoms with van der Waals surface area (Å²) in [7, 11) is 1.43. The Hall–Kier alpha value is -3.47. The van der Waals surface area contributed by atoms with Gasteiger partial charge in [-0.1, -0.05) is 5.16 Å². The number of rotatable bonds is 6. The summed E-state index contributed by atoms with van der Waals surface area (Å²) in [5.41, 5.74) is 5.46. The molecule has 1 aromatic carbocycles. The summed E-state index contributed by atoms with van der Waals surface area (Å²) < 4.78 is 51.1. The Kier molecular flexibility index (Phi) is 5.50. The van der Waals surface area contributed by atoms with E-state index in [1.165, 1.54) is 7.11 Å². The van der Waals surface area contributed by atoms with Crippen molar-refractivity contribution in [1.82, 2.24) is 15.1 Å². The van der Waals surface area contributed by atoms with Crippen molar-refractivity contribution in [3.63, 3.8) is 0 Å². The van der Waals surface area contributed by atoms with Crippen LogP contribution in [0.1, 0.15) is 28.5 Å². The number of halogens is 3. The molecule has 0 unspecified atom stereocenters. The van der Waals surface area contributed by atoms with Crippen molar-refractivity contribution >= 4 is 17.5 Å². The van der Waals surface area contributed by atoms with Crippen LogP contribution in [0.25, 0.3) is 11.3 Å². The number of nitrogen functional groups attached to an aromatic ring is 1.